The highest BCUT2D eigenvalue weighted by Gasteiger charge is 2.66. The van der Waals surface area contributed by atoms with Crippen LogP contribution in [0.3, 0.4) is 0 Å². The van der Waals surface area contributed by atoms with Crippen LogP contribution in [0, 0.1) is 5.41 Å². The summed E-state index contributed by atoms with van der Waals surface area (Å²) in [5.74, 6) is -0.00416. The fourth-order valence-electron chi connectivity index (χ4n) is 2.20. The maximum absolute atomic E-state index is 12.3. The highest BCUT2D eigenvalue weighted by molar-refractivity contribution is 9.25. The van der Waals surface area contributed by atoms with Gasteiger partial charge in [0.15, 0.2) is 0 Å². The minimum atomic E-state index is -0.422. The number of carbonyl (C=O) groups is 1. The van der Waals surface area contributed by atoms with Crippen molar-refractivity contribution in [1.29, 1.82) is 0 Å². The van der Waals surface area contributed by atoms with Gasteiger partial charge >= 0.3 is 0 Å². The summed E-state index contributed by atoms with van der Waals surface area (Å²) in [6.45, 7) is 2.62. The number of hydrogen-bond acceptors (Lipinski definition) is 2. The molecule has 21 heavy (non-hydrogen) atoms. The second-order valence-corrected chi connectivity index (χ2v) is 9.35. The summed E-state index contributed by atoms with van der Waals surface area (Å²) in [6, 6.07) is 10.1. The van der Waals surface area contributed by atoms with Crippen LogP contribution in [0.25, 0.3) is 0 Å². The molecule has 1 atom stereocenters. The Morgan fingerprint density at radius 2 is 2.05 bits per heavy atom. The van der Waals surface area contributed by atoms with Gasteiger partial charge in [-0.15, -0.1) is 0 Å². The molecule has 1 fully saturated rings. The van der Waals surface area contributed by atoms with E-state index < -0.39 is 5.41 Å². The van der Waals surface area contributed by atoms with E-state index in [-0.39, 0.29) is 9.14 Å². The summed E-state index contributed by atoms with van der Waals surface area (Å²) in [5, 5.41) is 7.21. The summed E-state index contributed by atoms with van der Waals surface area (Å²) in [7, 11) is 0. The maximum Gasteiger partial charge on any atom is 0.232 e. The molecule has 1 aromatic heterocycles. The lowest BCUT2D eigenvalue weighted by Gasteiger charge is -2.11. The standard InChI is InChI=1S/C15H15Br2N3O/c1-14(10-15(14,16)17)13(21)19-12-7-18-20(9-12)8-11-5-3-2-4-6-11/h2-7,9H,8,10H2,1H3,(H,19,21). The lowest BCUT2D eigenvalue weighted by atomic mass is 10.1. The van der Waals surface area contributed by atoms with Gasteiger partial charge in [0.1, 0.15) is 0 Å². The predicted octanol–water partition coefficient (Wildman–Crippen LogP) is 3.77. The fraction of sp³-hybridized carbons (Fsp3) is 0.333. The van der Waals surface area contributed by atoms with Crippen LogP contribution in [-0.2, 0) is 11.3 Å². The van der Waals surface area contributed by atoms with Crippen LogP contribution in [0.15, 0.2) is 42.7 Å². The van der Waals surface area contributed by atoms with E-state index in [1.165, 1.54) is 5.56 Å². The topological polar surface area (TPSA) is 46.9 Å². The molecule has 1 saturated carbocycles. The number of aromatic nitrogens is 2. The second kappa shape index (κ2) is 5.25. The third-order valence-corrected chi connectivity index (χ3v) is 6.15. The number of nitrogens with one attached hydrogen (secondary N) is 1. The van der Waals surface area contributed by atoms with Crippen LogP contribution >= 0.6 is 31.9 Å². The van der Waals surface area contributed by atoms with E-state index in [0.29, 0.717) is 6.54 Å². The van der Waals surface area contributed by atoms with E-state index in [1.54, 1.807) is 6.20 Å². The molecule has 1 amide bonds. The highest BCUT2D eigenvalue weighted by Crippen LogP contribution is 2.66. The zero-order valence-corrected chi connectivity index (χ0v) is 14.7. The molecular weight excluding hydrogens is 398 g/mol. The Morgan fingerprint density at radius 3 is 2.67 bits per heavy atom. The summed E-state index contributed by atoms with van der Waals surface area (Å²) >= 11 is 7.01. The van der Waals surface area contributed by atoms with E-state index in [0.717, 1.165) is 12.1 Å². The van der Waals surface area contributed by atoms with Crippen molar-refractivity contribution >= 4 is 43.5 Å². The Balaban J connectivity index is 1.65. The van der Waals surface area contributed by atoms with E-state index in [2.05, 4.69) is 54.4 Å². The number of amides is 1. The molecule has 1 unspecified atom stereocenters. The molecule has 110 valence electrons. The van der Waals surface area contributed by atoms with Gasteiger partial charge in [-0.1, -0.05) is 62.2 Å². The molecule has 2 aromatic rings. The normalized spacial score (nSPS) is 22.8. The largest absolute Gasteiger partial charge is 0.323 e. The second-order valence-electron chi connectivity index (χ2n) is 5.58. The molecule has 0 radical (unpaired) electrons. The van der Waals surface area contributed by atoms with Crippen molar-refractivity contribution in [2.24, 2.45) is 5.41 Å². The average Bonchev–Trinajstić information content (AvgIpc) is 2.77. The number of benzene rings is 1. The molecule has 0 bridgehead atoms. The first kappa shape index (κ1) is 14.8. The lowest BCUT2D eigenvalue weighted by molar-refractivity contribution is -0.120. The summed E-state index contributed by atoms with van der Waals surface area (Å²) in [6.07, 6.45) is 4.29. The molecule has 4 nitrogen and oxygen atoms in total. The van der Waals surface area contributed by atoms with Gasteiger partial charge in [0.2, 0.25) is 5.91 Å². The number of hydrogen-bond donors (Lipinski definition) is 1. The summed E-state index contributed by atoms with van der Waals surface area (Å²) in [4.78, 5) is 12.3. The van der Waals surface area contributed by atoms with E-state index in [1.807, 2.05) is 36.0 Å². The van der Waals surface area contributed by atoms with Crippen LogP contribution in [0.2, 0.25) is 0 Å². The van der Waals surface area contributed by atoms with Crippen molar-refractivity contribution in [3.8, 4) is 0 Å². The average molecular weight is 413 g/mol. The quantitative estimate of drug-likeness (QED) is 0.777. The van der Waals surface area contributed by atoms with Crippen LogP contribution in [0.5, 0.6) is 0 Å². The van der Waals surface area contributed by atoms with E-state index in [9.17, 15) is 4.79 Å². The first-order valence-electron chi connectivity index (χ1n) is 6.66. The number of rotatable bonds is 4. The first-order valence-corrected chi connectivity index (χ1v) is 8.25. The molecular formula is C15H15Br2N3O. The number of anilines is 1. The van der Waals surface area contributed by atoms with Crippen molar-refractivity contribution in [3.05, 3.63) is 48.3 Å². The zero-order chi connectivity index (χ0) is 15.1. The van der Waals surface area contributed by atoms with Crippen molar-refractivity contribution in [3.63, 3.8) is 0 Å². The van der Waals surface area contributed by atoms with Crippen LogP contribution in [0.1, 0.15) is 18.9 Å². The molecule has 0 spiro atoms. The van der Waals surface area contributed by atoms with Gasteiger partial charge in [-0.25, -0.2) is 0 Å². The molecule has 1 aromatic carbocycles. The fourth-order valence-corrected chi connectivity index (χ4v) is 3.68. The third kappa shape index (κ3) is 2.92. The Hall–Kier alpha value is -1.14. The van der Waals surface area contributed by atoms with Gasteiger partial charge < -0.3 is 5.32 Å². The number of halogens is 2. The Morgan fingerprint density at radius 1 is 1.38 bits per heavy atom. The van der Waals surface area contributed by atoms with E-state index in [4.69, 9.17) is 0 Å². The molecule has 0 saturated heterocycles. The van der Waals surface area contributed by atoms with Gasteiger partial charge in [0.05, 0.1) is 27.1 Å². The molecule has 3 rings (SSSR count). The molecule has 1 N–H and O–H groups in total. The number of carbonyl (C=O) groups excluding carboxylic acids is 1. The first-order chi connectivity index (χ1) is 9.91. The number of nitrogens with zero attached hydrogens (tertiary/aromatic N) is 2. The van der Waals surface area contributed by atoms with Gasteiger partial charge in [-0.3, -0.25) is 9.48 Å². The highest BCUT2D eigenvalue weighted by atomic mass is 79.9. The van der Waals surface area contributed by atoms with Crippen LogP contribution < -0.4 is 5.32 Å². The van der Waals surface area contributed by atoms with Gasteiger partial charge in [-0.05, 0) is 18.9 Å². The van der Waals surface area contributed by atoms with Gasteiger partial charge in [-0.2, -0.15) is 5.10 Å². The molecule has 1 heterocycles. The summed E-state index contributed by atoms with van der Waals surface area (Å²) in [5.41, 5.74) is 1.47. The Bertz CT molecular complexity index is 669. The predicted molar refractivity (Wildman–Crippen MR) is 89.7 cm³/mol. The minimum Gasteiger partial charge on any atom is -0.323 e. The van der Waals surface area contributed by atoms with Gasteiger partial charge in [0, 0.05) is 6.20 Å². The molecule has 1 aliphatic carbocycles. The number of alkyl halides is 2. The zero-order valence-electron chi connectivity index (χ0n) is 11.5. The Labute approximate surface area is 140 Å². The SMILES string of the molecule is CC1(C(=O)Nc2cnn(Cc3ccccc3)c2)CC1(Br)Br. The molecule has 1 aliphatic rings. The van der Waals surface area contributed by atoms with Crippen LogP contribution in [0.4, 0.5) is 5.69 Å². The Kier molecular flexibility index (Phi) is 3.69. The van der Waals surface area contributed by atoms with Crippen molar-refractivity contribution in [2.75, 3.05) is 5.32 Å². The van der Waals surface area contributed by atoms with Crippen molar-refractivity contribution < 1.29 is 4.79 Å². The third-order valence-electron chi connectivity index (χ3n) is 3.84. The van der Waals surface area contributed by atoms with E-state index >= 15 is 0 Å². The smallest absolute Gasteiger partial charge is 0.232 e. The molecule has 0 aliphatic heterocycles. The lowest BCUT2D eigenvalue weighted by Crippen LogP contribution is -2.25. The van der Waals surface area contributed by atoms with Crippen molar-refractivity contribution in [2.45, 2.75) is 23.1 Å². The monoisotopic (exact) mass is 411 g/mol. The van der Waals surface area contributed by atoms with Crippen molar-refractivity contribution in [1.82, 2.24) is 9.78 Å². The minimum absolute atomic E-state index is 0.00416. The van der Waals surface area contributed by atoms with Crippen LogP contribution in [-0.4, -0.2) is 18.9 Å². The van der Waals surface area contributed by atoms with Gasteiger partial charge in [0.25, 0.3) is 0 Å². The maximum atomic E-state index is 12.3. The molecule has 6 heteroatoms. The summed E-state index contributed by atoms with van der Waals surface area (Å²) < 4.78 is 1.53.